The van der Waals surface area contributed by atoms with Gasteiger partial charge in [0.25, 0.3) is 0 Å². The van der Waals surface area contributed by atoms with Crippen LogP contribution in [-0.4, -0.2) is 42.2 Å². The van der Waals surface area contributed by atoms with Crippen LogP contribution in [0.25, 0.3) is 10.9 Å². The number of hydrogen-bond acceptors (Lipinski definition) is 2. The van der Waals surface area contributed by atoms with E-state index in [1.165, 1.54) is 0 Å². The first-order valence-electron chi connectivity index (χ1n) is 7.12. The van der Waals surface area contributed by atoms with Gasteiger partial charge in [-0.3, -0.25) is 4.90 Å². The minimum absolute atomic E-state index is 0.619. The second-order valence-corrected chi connectivity index (χ2v) is 5.41. The van der Waals surface area contributed by atoms with Crippen LogP contribution in [0, 0.1) is 0 Å². The van der Waals surface area contributed by atoms with E-state index in [-0.39, 0.29) is 0 Å². The number of aromatic amines is 1. The zero-order valence-electron chi connectivity index (χ0n) is 11.6. The van der Waals surface area contributed by atoms with Crippen LogP contribution < -0.4 is 5.32 Å². The smallest absolute Gasteiger partial charge is 0.361 e. The fourth-order valence-corrected chi connectivity index (χ4v) is 3.05. The van der Waals surface area contributed by atoms with Gasteiger partial charge in [-0.2, -0.15) is 13.2 Å². The van der Waals surface area contributed by atoms with Crippen molar-refractivity contribution in [2.24, 2.45) is 0 Å². The fraction of sp³-hybridized carbons (Fsp3) is 0.467. The standard InChI is InChI=1S/C15H18F3N3/c16-15(17,18)10-14(21-8-6-19-7-9-21)12-2-1-3-13-11(12)4-5-20-13/h1-5,14,19-20H,6-10H2/t14-/m0/s1. The molecule has 1 aliphatic rings. The summed E-state index contributed by atoms with van der Waals surface area (Å²) in [5.41, 5.74) is 1.64. The van der Waals surface area contributed by atoms with Gasteiger partial charge >= 0.3 is 6.18 Å². The van der Waals surface area contributed by atoms with E-state index in [2.05, 4.69) is 10.3 Å². The number of benzene rings is 1. The van der Waals surface area contributed by atoms with Gasteiger partial charge in [0.2, 0.25) is 0 Å². The molecule has 1 saturated heterocycles. The van der Waals surface area contributed by atoms with Crippen molar-refractivity contribution in [3.8, 4) is 0 Å². The van der Waals surface area contributed by atoms with E-state index in [1.807, 2.05) is 29.2 Å². The third-order valence-electron chi connectivity index (χ3n) is 4.00. The lowest BCUT2D eigenvalue weighted by molar-refractivity contribution is -0.148. The van der Waals surface area contributed by atoms with E-state index in [1.54, 1.807) is 6.20 Å². The van der Waals surface area contributed by atoms with Crippen molar-refractivity contribution in [2.75, 3.05) is 26.2 Å². The number of aromatic nitrogens is 1. The number of rotatable bonds is 3. The van der Waals surface area contributed by atoms with Crippen LogP contribution in [0.15, 0.2) is 30.5 Å². The molecule has 3 rings (SSSR count). The van der Waals surface area contributed by atoms with Gasteiger partial charge in [0.1, 0.15) is 0 Å². The molecule has 0 aliphatic carbocycles. The highest BCUT2D eigenvalue weighted by Crippen LogP contribution is 2.36. The van der Waals surface area contributed by atoms with E-state index in [0.717, 1.165) is 29.6 Å². The molecule has 0 unspecified atom stereocenters. The third kappa shape index (κ3) is 3.22. The van der Waals surface area contributed by atoms with Crippen LogP contribution in [0.2, 0.25) is 0 Å². The topological polar surface area (TPSA) is 31.1 Å². The number of H-pyrrole nitrogens is 1. The van der Waals surface area contributed by atoms with Gasteiger partial charge in [0, 0.05) is 49.3 Å². The predicted molar refractivity (Wildman–Crippen MR) is 76.2 cm³/mol. The summed E-state index contributed by atoms with van der Waals surface area (Å²) in [6.45, 7) is 2.75. The SMILES string of the molecule is FC(F)(F)C[C@@H](c1cccc2[nH]ccc12)N1CCNCC1. The van der Waals surface area contributed by atoms with E-state index in [9.17, 15) is 13.2 Å². The fourth-order valence-electron chi connectivity index (χ4n) is 3.05. The van der Waals surface area contributed by atoms with E-state index >= 15 is 0 Å². The van der Waals surface area contributed by atoms with Crippen molar-refractivity contribution in [3.63, 3.8) is 0 Å². The van der Waals surface area contributed by atoms with Crippen LogP contribution >= 0.6 is 0 Å². The molecular weight excluding hydrogens is 279 g/mol. The Labute approximate surface area is 121 Å². The van der Waals surface area contributed by atoms with Crippen molar-refractivity contribution >= 4 is 10.9 Å². The van der Waals surface area contributed by atoms with Crippen molar-refractivity contribution in [1.29, 1.82) is 0 Å². The molecule has 0 amide bonds. The van der Waals surface area contributed by atoms with Gasteiger partial charge in [0.05, 0.1) is 6.42 Å². The van der Waals surface area contributed by atoms with Gasteiger partial charge in [-0.05, 0) is 17.7 Å². The molecule has 1 fully saturated rings. The van der Waals surface area contributed by atoms with Gasteiger partial charge < -0.3 is 10.3 Å². The highest BCUT2D eigenvalue weighted by molar-refractivity contribution is 5.83. The van der Waals surface area contributed by atoms with Gasteiger partial charge in [-0.15, -0.1) is 0 Å². The van der Waals surface area contributed by atoms with Crippen LogP contribution in [0.5, 0.6) is 0 Å². The Hall–Kier alpha value is -1.53. The Morgan fingerprint density at radius 1 is 1.14 bits per heavy atom. The minimum atomic E-state index is -4.17. The molecule has 21 heavy (non-hydrogen) atoms. The van der Waals surface area contributed by atoms with Crippen molar-refractivity contribution in [3.05, 3.63) is 36.0 Å². The molecule has 3 nitrogen and oxygen atoms in total. The minimum Gasteiger partial charge on any atom is -0.361 e. The number of fused-ring (bicyclic) bond motifs is 1. The molecule has 0 radical (unpaired) electrons. The van der Waals surface area contributed by atoms with E-state index in [4.69, 9.17) is 0 Å². The highest BCUT2D eigenvalue weighted by atomic mass is 19.4. The Balaban J connectivity index is 1.99. The molecule has 0 bridgehead atoms. The summed E-state index contributed by atoms with van der Waals surface area (Å²) in [5, 5.41) is 4.07. The average molecular weight is 297 g/mol. The zero-order chi connectivity index (χ0) is 14.9. The summed E-state index contributed by atoms with van der Waals surface area (Å²) in [5.74, 6) is 0. The number of hydrogen-bond donors (Lipinski definition) is 2. The molecule has 6 heteroatoms. The lowest BCUT2D eigenvalue weighted by atomic mass is 9.97. The monoisotopic (exact) mass is 297 g/mol. The van der Waals surface area contributed by atoms with Crippen molar-refractivity contribution in [1.82, 2.24) is 15.2 Å². The molecule has 2 aromatic rings. The maximum absolute atomic E-state index is 13.0. The number of nitrogens with one attached hydrogen (secondary N) is 2. The number of nitrogens with zero attached hydrogens (tertiary/aromatic N) is 1. The molecule has 0 saturated carbocycles. The molecule has 1 aromatic heterocycles. The molecule has 1 aliphatic heterocycles. The largest absolute Gasteiger partial charge is 0.390 e. The summed E-state index contributed by atoms with van der Waals surface area (Å²) in [7, 11) is 0. The second-order valence-electron chi connectivity index (χ2n) is 5.41. The van der Waals surface area contributed by atoms with E-state index < -0.39 is 18.6 Å². The number of alkyl halides is 3. The maximum Gasteiger partial charge on any atom is 0.390 e. The first-order valence-corrected chi connectivity index (χ1v) is 7.12. The Bertz CT molecular complexity index is 599. The van der Waals surface area contributed by atoms with Gasteiger partial charge in [0.15, 0.2) is 0 Å². The Kier molecular flexibility index (Phi) is 3.91. The zero-order valence-corrected chi connectivity index (χ0v) is 11.6. The third-order valence-corrected chi connectivity index (χ3v) is 4.00. The lowest BCUT2D eigenvalue weighted by Gasteiger charge is -2.36. The molecule has 0 spiro atoms. The van der Waals surface area contributed by atoms with Gasteiger partial charge in [-0.25, -0.2) is 0 Å². The molecule has 114 valence electrons. The second kappa shape index (κ2) is 5.69. The molecule has 2 N–H and O–H groups in total. The van der Waals surface area contributed by atoms with Crippen molar-refractivity contribution in [2.45, 2.75) is 18.6 Å². The summed E-state index contributed by atoms with van der Waals surface area (Å²) in [6, 6.07) is 6.76. The molecular formula is C15H18F3N3. The quantitative estimate of drug-likeness (QED) is 0.912. The summed E-state index contributed by atoms with van der Waals surface area (Å²) < 4.78 is 39.1. The highest BCUT2D eigenvalue weighted by Gasteiger charge is 2.36. The van der Waals surface area contributed by atoms with Crippen LogP contribution in [0.1, 0.15) is 18.0 Å². The van der Waals surface area contributed by atoms with E-state index in [0.29, 0.717) is 13.1 Å². The maximum atomic E-state index is 13.0. The molecule has 1 aromatic carbocycles. The van der Waals surface area contributed by atoms with Crippen LogP contribution in [0.3, 0.4) is 0 Å². The normalized spacial score (nSPS) is 19.0. The number of piperazine rings is 1. The van der Waals surface area contributed by atoms with Crippen LogP contribution in [-0.2, 0) is 0 Å². The van der Waals surface area contributed by atoms with Crippen LogP contribution in [0.4, 0.5) is 13.2 Å². The summed E-state index contributed by atoms with van der Waals surface area (Å²) in [4.78, 5) is 5.00. The Morgan fingerprint density at radius 3 is 2.62 bits per heavy atom. The van der Waals surface area contributed by atoms with Crippen molar-refractivity contribution < 1.29 is 13.2 Å². The molecule has 2 heterocycles. The lowest BCUT2D eigenvalue weighted by Crippen LogP contribution is -2.46. The first-order chi connectivity index (χ1) is 10.0. The summed E-state index contributed by atoms with van der Waals surface area (Å²) in [6.07, 6.45) is -3.21. The number of halogens is 3. The van der Waals surface area contributed by atoms with Gasteiger partial charge in [-0.1, -0.05) is 12.1 Å². The average Bonchev–Trinajstić information content (AvgIpc) is 2.93. The summed E-state index contributed by atoms with van der Waals surface area (Å²) >= 11 is 0. The Morgan fingerprint density at radius 2 is 1.90 bits per heavy atom. The predicted octanol–water partition coefficient (Wildman–Crippen LogP) is 3.07. The molecule has 1 atom stereocenters. The first kappa shape index (κ1) is 14.4.